The van der Waals surface area contributed by atoms with Crippen molar-refractivity contribution in [2.75, 3.05) is 0 Å². The van der Waals surface area contributed by atoms with Crippen LogP contribution >= 0.6 is 0 Å². The van der Waals surface area contributed by atoms with Gasteiger partial charge in [0, 0.05) is 18.4 Å². The first-order valence-corrected chi connectivity index (χ1v) is 5.73. The van der Waals surface area contributed by atoms with Crippen LogP contribution in [-0.4, -0.2) is 16.9 Å². The summed E-state index contributed by atoms with van der Waals surface area (Å²) in [6, 6.07) is 4.61. The van der Waals surface area contributed by atoms with Crippen LogP contribution in [0.2, 0.25) is 0 Å². The molecule has 19 heavy (non-hydrogen) atoms. The van der Waals surface area contributed by atoms with Gasteiger partial charge in [-0.25, -0.2) is 0 Å². The number of Topliss-reactive ketones (excluding diaryl/α,β-unsaturated/α-hetero) is 1. The minimum absolute atomic E-state index is 0.0830. The quantitative estimate of drug-likeness (QED) is 0.637. The third-order valence-corrected chi connectivity index (χ3v) is 2.58. The van der Waals surface area contributed by atoms with Crippen molar-refractivity contribution in [3.8, 4) is 0 Å². The lowest BCUT2D eigenvalue weighted by Crippen LogP contribution is -2.13. The zero-order valence-corrected chi connectivity index (χ0v) is 10.0. The number of carbonyl (C=O) groups is 2. The molecule has 6 heteroatoms. The zero-order valence-electron chi connectivity index (χ0n) is 10.0. The third-order valence-electron chi connectivity index (χ3n) is 2.58. The van der Waals surface area contributed by atoms with Gasteiger partial charge in [0.15, 0.2) is 5.78 Å². The fraction of sp³-hybridized carbons (Fsp3) is 0.385. The van der Waals surface area contributed by atoms with Gasteiger partial charge >= 0.3 is 12.1 Å². The van der Waals surface area contributed by atoms with Crippen LogP contribution in [0.25, 0.3) is 0 Å². The van der Waals surface area contributed by atoms with E-state index in [2.05, 4.69) is 0 Å². The molecule has 0 aromatic heterocycles. The molecule has 0 radical (unpaired) electrons. The first-order chi connectivity index (χ1) is 8.82. The topological polar surface area (TPSA) is 54.4 Å². The van der Waals surface area contributed by atoms with E-state index in [0.717, 1.165) is 12.1 Å². The Bertz CT molecular complexity index is 466. The van der Waals surface area contributed by atoms with Crippen molar-refractivity contribution in [3.05, 3.63) is 35.4 Å². The van der Waals surface area contributed by atoms with Crippen LogP contribution in [-0.2, 0) is 11.0 Å². The van der Waals surface area contributed by atoms with E-state index in [0.29, 0.717) is 0 Å². The highest BCUT2D eigenvalue weighted by molar-refractivity contribution is 5.97. The lowest BCUT2D eigenvalue weighted by atomic mass is 9.99. The second kappa shape index (κ2) is 6.36. The van der Waals surface area contributed by atoms with Gasteiger partial charge in [0.2, 0.25) is 0 Å². The summed E-state index contributed by atoms with van der Waals surface area (Å²) in [6.07, 6.45) is -4.20. The van der Waals surface area contributed by atoms with Gasteiger partial charge in [0.25, 0.3) is 0 Å². The highest BCUT2D eigenvalue weighted by Crippen LogP contribution is 2.32. The van der Waals surface area contributed by atoms with E-state index >= 15 is 0 Å². The summed E-state index contributed by atoms with van der Waals surface area (Å²) in [4.78, 5) is 22.0. The van der Waals surface area contributed by atoms with Gasteiger partial charge in [0.05, 0.1) is 5.56 Å². The largest absolute Gasteiger partial charge is 0.481 e. The van der Waals surface area contributed by atoms with E-state index < -0.39 is 23.5 Å². The minimum atomic E-state index is -4.56. The van der Waals surface area contributed by atoms with Gasteiger partial charge in [-0.2, -0.15) is 13.2 Å². The van der Waals surface area contributed by atoms with Crippen LogP contribution in [0.3, 0.4) is 0 Å². The van der Waals surface area contributed by atoms with Gasteiger partial charge in [-0.05, 0) is 18.9 Å². The van der Waals surface area contributed by atoms with E-state index in [1.807, 2.05) is 0 Å². The summed E-state index contributed by atoms with van der Waals surface area (Å²) in [5.41, 5.74) is -1.30. The van der Waals surface area contributed by atoms with Crippen LogP contribution in [0.5, 0.6) is 0 Å². The monoisotopic (exact) mass is 274 g/mol. The van der Waals surface area contributed by atoms with Crippen LogP contribution in [0.4, 0.5) is 13.2 Å². The molecule has 1 aromatic rings. The smallest absolute Gasteiger partial charge is 0.417 e. The highest BCUT2D eigenvalue weighted by atomic mass is 19.4. The fourth-order valence-electron chi connectivity index (χ4n) is 1.67. The Kier molecular flexibility index (Phi) is 5.09. The van der Waals surface area contributed by atoms with Gasteiger partial charge in [-0.15, -0.1) is 0 Å². The Morgan fingerprint density at radius 2 is 1.63 bits per heavy atom. The zero-order chi connectivity index (χ0) is 14.5. The number of hydrogen-bond donors (Lipinski definition) is 1. The molecule has 0 saturated carbocycles. The summed E-state index contributed by atoms with van der Waals surface area (Å²) < 4.78 is 38.0. The van der Waals surface area contributed by atoms with E-state index in [1.165, 1.54) is 12.1 Å². The van der Waals surface area contributed by atoms with Crippen LogP contribution in [0.15, 0.2) is 24.3 Å². The van der Waals surface area contributed by atoms with Crippen molar-refractivity contribution in [2.24, 2.45) is 0 Å². The molecule has 1 rings (SSSR count). The molecule has 1 N–H and O–H groups in total. The van der Waals surface area contributed by atoms with E-state index in [4.69, 9.17) is 5.11 Å². The van der Waals surface area contributed by atoms with Crippen LogP contribution in [0.1, 0.15) is 41.6 Å². The van der Waals surface area contributed by atoms with Crippen molar-refractivity contribution < 1.29 is 27.9 Å². The Morgan fingerprint density at radius 1 is 1.05 bits per heavy atom. The number of rotatable bonds is 6. The van der Waals surface area contributed by atoms with Gasteiger partial charge < -0.3 is 5.11 Å². The van der Waals surface area contributed by atoms with E-state index in [-0.39, 0.29) is 31.2 Å². The predicted octanol–water partition coefficient (Wildman–Crippen LogP) is 3.53. The number of aliphatic carboxylic acids is 1. The number of carbonyl (C=O) groups excluding carboxylic acids is 1. The molecule has 3 nitrogen and oxygen atoms in total. The summed E-state index contributed by atoms with van der Waals surface area (Å²) in [5.74, 6) is -1.60. The maximum absolute atomic E-state index is 12.7. The fourth-order valence-corrected chi connectivity index (χ4v) is 1.67. The van der Waals surface area contributed by atoms with E-state index in [1.54, 1.807) is 0 Å². The Labute approximate surface area is 108 Å². The number of halogens is 3. The Balaban J connectivity index is 2.70. The molecule has 0 saturated heterocycles. The summed E-state index contributed by atoms with van der Waals surface area (Å²) >= 11 is 0. The maximum Gasteiger partial charge on any atom is 0.417 e. The van der Waals surface area contributed by atoms with Crippen molar-refractivity contribution in [1.29, 1.82) is 0 Å². The third kappa shape index (κ3) is 4.73. The molecule has 1 aromatic carbocycles. The Morgan fingerprint density at radius 3 is 2.21 bits per heavy atom. The Hall–Kier alpha value is -1.85. The summed E-state index contributed by atoms with van der Waals surface area (Å²) in [6.45, 7) is 0. The molecule has 0 aliphatic carbocycles. The molecule has 0 unspecified atom stereocenters. The standard InChI is InChI=1S/C13H13F3O3/c14-13(15,16)10-6-2-1-5-9(10)11(17)7-3-4-8-12(18)19/h1-2,5-6H,3-4,7-8H2,(H,18,19). The van der Waals surface area contributed by atoms with E-state index in [9.17, 15) is 22.8 Å². The average Bonchev–Trinajstić information content (AvgIpc) is 2.33. The number of carboxylic acid groups (broad SMARTS) is 1. The molecule has 0 heterocycles. The first kappa shape index (κ1) is 15.2. The minimum Gasteiger partial charge on any atom is -0.481 e. The van der Waals surface area contributed by atoms with Crippen molar-refractivity contribution in [2.45, 2.75) is 31.9 Å². The molecular formula is C13H13F3O3. The summed E-state index contributed by atoms with van der Waals surface area (Å²) in [5, 5.41) is 8.41. The maximum atomic E-state index is 12.7. The lowest BCUT2D eigenvalue weighted by Gasteiger charge is -2.11. The number of carboxylic acids is 1. The van der Waals surface area contributed by atoms with Crippen LogP contribution < -0.4 is 0 Å². The molecule has 0 fully saturated rings. The molecular weight excluding hydrogens is 261 g/mol. The number of benzene rings is 1. The molecule has 0 aliphatic heterocycles. The second-order valence-electron chi connectivity index (χ2n) is 4.07. The molecule has 0 amide bonds. The lowest BCUT2D eigenvalue weighted by molar-refractivity contribution is -0.138. The van der Waals surface area contributed by atoms with Gasteiger partial charge in [-0.3, -0.25) is 9.59 Å². The number of ketones is 1. The normalized spacial score (nSPS) is 11.3. The molecule has 0 atom stereocenters. The predicted molar refractivity (Wildman–Crippen MR) is 61.9 cm³/mol. The number of unbranched alkanes of at least 4 members (excludes halogenated alkanes) is 1. The average molecular weight is 274 g/mol. The first-order valence-electron chi connectivity index (χ1n) is 5.73. The van der Waals surface area contributed by atoms with Crippen molar-refractivity contribution >= 4 is 11.8 Å². The second-order valence-corrected chi connectivity index (χ2v) is 4.07. The molecule has 0 bridgehead atoms. The summed E-state index contributed by atoms with van der Waals surface area (Å²) in [7, 11) is 0. The number of hydrogen-bond acceptors (Lipinski definition) is 2. The van der Waals surface area contributed by atoms with Gasteiger partial charge in [-0.1, -0.05) is 18.2 Å². The van der Waals surface area contributed by atoms with Crippen molar-refractivity contribution in [1.82, 2.24) is 0 Å². The SMILES string of the molecule is O=C(O)CCCCC(=O)c1ccccc1C(F)(F)F. The highest BCUT2D eigenvalue weighted by Gasteiger charge is 2.34. The van der Waals surface area contributed by atoms with Crippen LogP contribution in [0, 0.1) is 0 Å². The molecule has 104 valence electrons. The van der Waals surface area contributed by atoms with Gasteiger partial charge in [0.1, 0.15) is 0 Å². The number of alkyl halides is 3. The van der Waals surface area contributed by atoms with Crippen molar-refractivity contribution in [3.63, 3.8) is 0 Å². The molecule has 0 spiro atoms. The molecule has 0 aliphatic rings.